The Kier molecular flexibility index (Phi) is 4.30. The van der Waals surface area contributed by atoms with Gasteiger partial charge >= 0.3 is 0 Å². The highest BCUT2D eigenvalue weighted by atomic mass is 14.2. The molecule has 12 heavy (non-hydrogen) atoms. The SMILES string of the molecule is C/C=C(C)/C=C/C(C)C(C)(C)C. The average Bonchev–Trinajstić information content (AvgIpc) is 1.97. The van der Waals surface area contributed by atoms with Gasteiger partial charge < -0.3 is 0 Å². The number of hydrogen-bond donors (Lipinski definition) is 0. The lowest BCUT2D eigenvalue weighted by molar-refractivity contribution is 0.314. The van der Waals surface area contributed by atoms with Gasteiger partial charge in [0, 0.05) is 0 Å². The van der Waals surface area contributed by atoms with E-state index in [1.807, 2.05) is 0 Å². The number of rotatable bonds is 2. The smallest absolute Gasteiger partial charge is 0.0210 e. The molecule has 0 amide bonds. The zero-order valence-corrected chi connectivity index (χ0v) is 9.31. The predicted octanol–water partition coefficient (Wildman–Crippen LogP) is 4.19. The topological polar surface area (TPSA) is 0 Å². The van der Waals surface area contributed by atoms with E-state index in [1.165, 1.54) is 5.57 Å². The van der Waals surface area contributed by atoms with Gasteiger partial charge in [-0.3, -0.25) is 0 Å². The molecule has 0 aliphatic rings. The lowest BCUT2D eigenvalue weighted by Crippen LogP contribution is -2.14. The van der Waals surface area contributed by atoms with Gasteiger partial charge in [-0.15, -0.1) is 0 Å². The molecule has 0 heterocycles. The quantitative estimate of drug-likeness (QED) is 0.539. The Balaban J connectivity index is 4.18. The second-order valence-corrected chi connectivity index (χ2v) is 4.55. The third kappa shape index (κ3) is 4.38. The van der Waals surface area contributed by atoms with E-state index in [0.29, 0.717) is 11.3 Å². The highest BCUT2D eigenvalue weighted by Crippen LogP contribution is 2.26. The van der Waals surface area contributed by atoms with Gasteiger partial charge in [-0.25, -0.2) is 0 Å². The molecule has 0 rings (SSSR count). The molecule has 0 aromatic carbocycles. The summed E-state index contributed by atoms with van der Waals surface area (Å²) in [7, 11) is 0. The second-order valence-electron chi connectivity index (χ2n) is 4.55. The Labute approximate surface area is 77.4 Å². The molecular weight excluding hydrogens is 144 g/mol. The molecular formula is C12H22. The van der Waals surface area contributed by atoms with E-state index in [2.05, 4.69) is 59.8 Å². The van der Waals surface area contributed by atoms with Crippen LogP contribution < -0.4 is 0 Å². The van der Waals surface area contributed by atoms with Crippen molar-refractivity contribution in [3.63, 3.8) is 0 Å². The minimum Gasteiger partial charge on any atom is -0.0847 e. The van der Waals surface area contributed by atoms with Crippen molar-refractivity contribution in [1.82, 2.24) is 0 Å². The van der Waals surface area contributed by atoms with E-state index < -0.39 is 0 Å². The van der Waals surface area contributed by atoms with Crippen molar-refractivity contribution in [2.75, 3.05) is 0 Å². The van der Waals surface area contributed by atoms with Crippen LogP contribution in [0.15, 0.2) is 23.8 Å². The molecule has 0 fully saturated rings. The first-order valence-corrected chi connectivity index (χ1v) is 4.69. The summed E-state index contributed by atoms with van der Waals surface area (Å²) in [5.41, 5.74) is 1.72. The standard InChI is InChI=1S/C12H22/c1-7-10(2)8-9-11(3)12(4,5)6/h7-9,11H,1-6H3/b9-8+,10-7+. The normalized spacial score (nSPS) is 17.0. The molecule has 0 aromatic rings. The Morgan fingerprint density at radius 3 is 2.08 bits per heavy atom. The Bertz CT molecular complexity index is 177. The van der Waals surface area contributed by atoms with Gasteiger partial charge in [0.25, 0.3) is 0 Å². The van der Waals surface area contributed by atoms with Crippen molar-refractivity contribution in [2.45, 2.75) is 41.5 Å². The van der Waals surface area contributed by atoms with Gasteiger partial charge in [0.05, 0.1) is 0 Å². The molecule has 0 N–H and O–H groups in total. The molecule has 0 saturated carbocycles. The molecule has 70 valence electrons. The van der Waals surface area contributed by atoms with Crippen LogP contribution in [0.3, 0.4) is 0 Å². The van der Waals surface area contributed by atoms with Gasteiger partial charge in [0.15, 0.2) is 0 Å². The van der Waals surface area contributed by atoms with Gasteiger partial charge in [-0.2, -0.15) is 0 Å². The first kappa shape index (κ1) is 11.5. The Hall–Kier alpha value is -0.520. The van der Waals surface area contributed by atoms with Crippen molar-refractivity contribution >= 4 is 0 Å². The molecule has 0 spiro atoms. The van der Waals surface area contributed by atoms with Crippen molar-refractivity contribution < 1.29 is 0 Å². The second kappa shape index (κ2) is 4.49. The maximum Gasteiger partial charge on any atom is -0.0210 e. The molecule has 0 bridgehead atoms. The third-order valence-electron chi connectivity index (χ3n) is 2.47. The summed E-state index contributed by atoms with van der Waals surface area (Å²) in [4.78, 5) is 0. The molecule has 0 radical (unpaired) electrons. The van der Waals surface area contributed by atoms with Gasteiger partial charge in [0.2, 0.25) is 0 Å². The van der Waals surface area contributed by atoms with Crippen LogP contribution in [-0.4, -0.2) is 0 Å². The lowest BCUT2D eigenvalue weighted by atomic mass is 9.82. The van der Waals surface area contributed by atoms with Crippen molar-refractivity contribution in [3.05, 3.63) is 23.8 Å². The maximum atomic E-state index is 2.29. The fourth-order valence-corrected chi connectivity index (χ4v) is 0.681. The summed E-state index contributed by atoms with van der Waals surface area (Å²) in [6.45, 7) is 13.3. The summed E-state index contributed by atoms with van der Waals surface area (Å²) in [6.07, 6.45) is 6.62. The molecule has 0 aromatic heterocycles. The van der Waals surface area contributed by atoms with E-state index >= 15 is 0 Å². The Morgan fingerprint density at radius 2 is 1.75 bits per heavy atom. The molecule has 0 nitrogen and oxygen atoms in total. The number of allylic oxidation sites excluding steroid dienone is 4. The van der Waals surface area contributed by atoms with E-state index in [4.69, 9.17) is 0 Å². The van der Waals surface area contributed by atoms with Crippen LogP contribution in [-0.2, 0) is 0 Å². The zero-order valence-electron chi connectivity index (χ0n) is 9.31. The van der Waals surface area contributed by atoms with Crippen molar-refractivity contribution in [2.24, 2.45) is 11.3 Å². The summed E-state index contributed by atoms with van der Waals surface area (Å²) >= 11 is 0. The van der Waals surface area contributed by atoms with Crippen LogP contribution in [0, 0.1) is 11.3 Å². The molecule has 1 unspecified atom stereocenters. The van der Waals surface area contributed by atoms with E-state index in [0.717, 1.165) is 0 Å². The fourth-order valence-electron chi connectivity index (χ4n) is 0.681. The molecule has 0 saturated heterocycles. The van der Waals surface area contributed by atoms with Gasteiger partial charge in [0.1, 0.15) is 0 Å². The predicted molar refractivity (Wildman–Crippen MR) is 57.2 cm³/mol. The lowest BCUT2D eigenvalue weighted by Gasteiger charge is -2.24. The molecule has 1 atom stereocenters. The number of hydrogen-bond acceptors (Lipinski definition) is 0. The summed E-state index contributed by atoms with van der Waals surface area (Å²) in [6, 6.07) is 0. The van der Waals surface area contributed by atoms with Crippen LogP contribution in [0.1, 0.15) is 41.5 Å². The van der Waals surface area contributed by atoms with E-state index in [-0.39, 0.29) is 0 Å². The van der Waals surface area contributed by atoms with Crippen LogP contribution in [0.4, 0.5) is 0 Å². The summed E-state index contributed by atoms with van der Waals surface area (Å²) in [5.74, 6) is 0.632. The van der Waals surface area contributed by atoms with Crippen LogP contribution in [0.5, 0.6) is 0 Å². The largest absolute Gasteiger partial charge is 0.0847 e. The van der Waals surface area contributed by atoms with Gasteiger partial charge in [-0.05, 0) is 25.2 Å². The molecule has 0 heteroatoms. The monoisotopic (exact) mass is 166 g/mol. The van der Waals surface area contributed by atoms with E-state index in [9.17, 15) is 0 Å². The van der Waals surface area contributed by atoms with Crippen molar-refractivity contribution in [3.8, 4) is 0 Å². The molecule has 0 aliphatic heterocycles. The zero-order chi connectivity index (χ0) is 9.78. The Morgan fingerprint density at radius 1 is 1.25 bits per heavy atom. The van der Waals surface area contributed by atoms with Crippen LogP contribution in [0.25, 0.3) is 0 Å². The van der Waals surface area contributed by atoms with Crippen LogP contribution in [0.2, 0.25) is 0 Å². The van der Waals surface area contributed by atoms with E-state index in [1.54, 1.807) is 0 Å². The fraction of sp³-hybridized carbons (Fsp3) is 0.667. The molecule has 0 aliphatic carbocycles. The van der Waals surface area contributed by atoms with Crippen molar-refractivity contribution in [1.29, 1.82) is 0 Å². The third-order valence-corrected chi connectivity index (χ3v) is 2.47. The van der Waals surface area contributed by atoms with Crippen LogP contribution >= 0.6 is 0 Å². The summed E-state index contributed by atoms with van der Waals surface area (Å²) < 4.78 is 0. The maximum absolute atomic E-state index is 2.29. The minimum atomic E-state index is 0.379. The first-order valence-electron chi connectivity index (χ1n) is 4.69. The highest BCUT2D eigenvalue weighted by Gasteiger charge is 2.16. The highest BCUT2D eigenvalue weighted by molar-refractivity contribution is 5.15. The minimum absolute atomic E-state index is 0.379. The van der Waals surface area contributed by atoms with Gasteiger partial charge in [-0.1, -0.05) is 51.5 Å². The average molecular weight is 166 g/mol. The first-order chi connectivity index (χ1) is 5.38. The summed E-state index contributed by atoms with van der Waals surface area (Å²) in [5, 5.41) is 0.